The standard InChI is InChI=1S/C17H12Cl2IN/c18-15-4-2-1-3-13(15)6-5-12-10-21(11-12)14-7-8-16(19)17(20)9-14/h1-4,7-9,12H,10-11H2. The second-order valence-electron chi connectivity index (χ2n) is 4.95. The highest BCUT2D eigenvalue weighted by Gasteiger charge is 2.25. The number of hydrogen-bond donors (Lipinski definition) is 0. The first-order valence-corrected chi connectivity index (χ1v) is 8.43. The van der Waals surface area contributed by atoms with Gasteiger partial charge in [-0.15, -0.1) is 0 Å². The van der Waals surface area contributed by atoms with Gasteiger partial charge in [0.15, 0.2) is 0 Å². The highest BCUT2D eigenvalue weighted by atomic mass is 127. The number of anilines is 1. The molecule has 0 saturated carbocycles. The van der Waals surface area contributed by atoms with Crippen molar-refractivity contribution in [3.05, 3.63) is 61.6 Å². The van der Waals surface area contributed by atoms with E-state index in [1.807, 2.05) is 30.3 Å². The minimum absolute atomic E-state index is 0.398. The van der Waals surface area contributed by atoms with Crippen molar-refractivity contribution < 1.29 is 0 Å². The molecule has 0 radical (unpaired) electrons. The molecular formula is C17H12Cl2IN. The normalized spacial score (nSPS) is 14.3. The quantitative estimate of drug-likeness (QED) is 0.452. The van der Waals surface area contributed by atoms with E-state index in [0.717, 1.165) is 27.2 Å². The van der Waals surface area contributed by atoms with Gasteiger partial charge in [0.2, 0.25) is 0 Å². The van der Waals surface area contributed by atoms with Crippen molar-refractivity contribution >= 4 is 51.5 Å². The van der Waals surface area contributed by atoms with E-state index < -0.39 is 0 Å². The molecule has 0 unspecified atom stereocenters. The summed E-state index contributed by atoms with van der Waals surface area (Å²) in [5.74, 6) is 6.87. The highest BCUT2D eigenvalue weighted by molar-refractivity contribution is 14.1. The Kier molecular flexibility index (Phi) is 4.63. The van der Waals surface area contributed by atoms with Gasteiger partial charge in [0.1, 0.15) is 0 Å². The van der Waals surface area contributed by atoms with Crippen LogP contribution in [0.3, 0.4) is 0 Å². The second kappa shape index (κ2) is 6.48. The van der Waals surface area contributed by atoms with E-state index in [0.29, 0.717) is 10.9 Å². The summed E-state index contributed by atoms with van der Waals surface area (Å²) in [6.07, 6.45) is 0. The van der Waals surface area contributed by atoms with Gasteiger partial charge in [-0.05, 0) is 52.9 Å². The Balaban J connectivity index is 1.64. The molecule has 0 bridgehead atoms. The van der Waals surface area contributed by atoms with Crippen LogP contribution in [0.2, 0.25) is 10.0 Å². The summed E-state index contributed by atoms with van der Waals surface area (Å²) >= 11 is 14.4. The lowest BCUT2D eigenvalue weighted by Gasteiger charge is -2.38. The third kappa shape index (κ3) is 3.48. The minimum atomic E-state index is 0.398. The van der Waals surface area contributed by atoms with Crippen molar-refractivity contribution in [2.24, 2.45) is 5.92 Å². The van der Waals surface area contributed by atoms with Crippen LogP contribution in [-0.4, -0.2) is 13.1 Å². The van der Waals surface area contributed by atoms with Crippen LogP contribution in [0.25, 0.3) is 0 Å². The molecule has 2 aromatic carbocycles. The number of halogens is 3. The predicted octanol–water partition coefficient (Wildman–Crippen LogP) is 5.09. The Morgan fingerprint density at radius 3 is 2.52 bits per heavy atom. The molecule has 1 fully saturated rings. The zero-order valence-corrected chi connectivity index (χ0v) is 14.8. The number of benzene rings is 2. The van der Waals surface area contributed by atoms with Crippen molar-refractivity contribution in [3.63, 3.8) is 0 Å². The predicted molar refractivity (Wildman–Crippen MR) is 98.2 cm³/mol. The maximum absolute atomic E-state index is 6.10. The summed E-state index contributed by atoms with van der Waals surface area (Å²) in [5.41, 5.74) is 2.11. The molecular weight excluding hydrogens is 416 g/mol. The molecule has 4 heteroatoms. The Morgan fingerprint density at radius 2 is 1.81 bits per heavy atom. The highest BCUT2D eigenvalue weighted by Crippen LogP contribution is 2.29. The summed E-state index contributed by atoms with van der Waals surface area (Å²) in [6.45, 7) is 1.91. The summed E-state index contributed by atoms with van der Waals surface area (Å²) in [4.78, 5) is 2.31. The molecule has 0 aliphatic carbocycles. The Morgan fingerprint density at radius 1 is 1.05 bits per heavy atom. The van der Waals surface area contributed by atoms with Crippen LogP contribution < -0.4 is 4.90 Å². The van der Waals surface area contributed by atoms with Gasteiger partial charge >= 0.3 is 0 Å². The molecule has 106 valence electrons. The number of rotatable bonds is 1. The van der Waals surface area contributed by atoms with Gasteiger partial charge in [0.25, 0.3) is 0 Å². The van der Waals surface area contributed by atoms with E-state index in [1.54, 1.807) is 0 Å². The maximum atomic E-state index is 6.10. The summed E-state index contributed by atoms with van der Waals surface area (Å²) in [6, 6.07) is 13.8. The second-order valence-corrected chi connectivity index (χ2v) is 6.93. The van der Waals surface area contributed by atoms with Crippen LogP contribution >= 0.6 is 45.8 Å². The molecule has 3 rings (SSSR count). The van der Waals surface area contributed by atoms with E-state index >= 15 is 0 Å². The van der Waals surface area contributed by atoms with E-state index in [-0.39, 0.29) is 0 Å². The summed E-state index contributed by atoms with van der Waals surface area (Å²) in [5, 5.41) is 1.52. The molecule has 0 N–H and O–H groups in total. The largest absolute Gasteiger partial charge is 0.369 e. The van der Waals surface area contributed by atoms with E-state index in [1.165, 1.54) is 5.69 Å². The van der Waals surface area contributed by atoms with Gasteiger partial charge in [-0.25, -0.2) is 0 Å². The van der Waals surface area contributed by atoms with Crippen molar-refractivity contribution in [1.29, 1.82) is 0 Å². The first-order chi connectivity index (χ1) is 10.1. The van der Waals surface area contributed by atoms with E-state index in [2.05, 4.69) is 51.5 Å². The fourth-order valence-corrected chi connectivity index (χ4v) is 3.00. The zero-order chi connectivity index (χ0) is 14.8. The molecule has 1 aliphatic rings. The fourth-order valence-electron chi connectivity index (χ4n) is 2.20. The van der Waals surface area contributed by atoms with Crippen molar-refractivity contribution in [2.75, 3.05) is 18.0 Å². The number of hydrogen-bond acceptors (Lipinski definition) is 1. The van der Waals surface area contributed by atoms with Crippen molar-refractivity contribution in [1.82, 2.24) is 0 Å². The van der Waals surface area contributed by atoms with Gasteiger partial charge in [-0.2, -0.15) is 0 Å². The van der Waals surface area contributed by atoms with Crippen LogP contribution in [0, 0.1) is 21.3 Å². The van der Waals surface area contributed by atoms with Crippen LogP contribution in [0.1, 0.15) is 5.56 Å². The molecule has 0 spiro atoms. The first kappa shape index (κ1) is 15.0. The van der Waals surface area contributed by atoms with Gasteiger partial charge in [-0.3, -0.25) is 0 Å². The monoisotopic (exact) mass is 427 g/mol. The molecule has 1 aliphatic heterocycles. The maximum Gasteiger partial charge on any atom is 0.0562 e. The Labute approximate surface area is 148 Å². The zero-order valence-electron chi connectivity index (χ0n) is 11.1. The van der Waals surface area contributed by atoms with Gasteiger partial charge in [0, 0.05) is 27.9 Å². The van der Waals surface area contributed by atoms with E-state index in [9.17, 15) is 0 Å². The molecule has 1 nitrogen and oxygen atoms in total. The Hall–Kier alpha value is -0.890. The lowest BCUT2D eigenvalue weighted by Crippen LogP contribution is -2.46. The molecule has 1 saturated heterocycles. The van der Waals surface area contributed by atoms with Gasteiger partial charge in [0.05, 0.1) is 16.0 Å². The van der Waals surface area contributed by atoms with Crippen molar-refractivity contribution in [3.8, 4) is 11.8 Å². The lowest BCUT2D eigenvalue weighted by molar-refractivity contribution is 0.509. The molecule has 0 amide bonds. The van der Waals surface area contributed by atoms with Crippen LogP contribution in [0.5, 0.6) is 0 Å². The smallest absolute Gasteiger partial charge is 0.0562 e. The first-order valence-electron chi connectivity index (χ1n) is 6.59. The van der Waals surface area contributed by atoms with Crippen molar-refractivity contribution in [2.45, 2.75) is 0 Å². The molecule has 0 aromatic heterocycles. The van der Waals surface area contributed by atoms with Gasteiger partial charge < -0.3 is 4.90 Å². The summed E-state index contributed by atoms with van der Waals surface area (Å²) < 4.78 is 1.08. The number of nitrogens with zero attached hydrogens (tertiary/aromatic N) is 1. The molecule has 0 atom stereocenters. The lowest BCUT2D eigenvalue weighted by atomic mass is 9.99. The van der Waals surface area contributed by atoms with E-state index in [4.69, 9.17) is 23.2 Å². The average Bonchev–Trinajstić information content (AvgIpc) is 2.43. The SMILES string of the molecule is Clc1ccc(N2CC(C#Cc3ccccc3Cl)C2)cc1I. The third-order valence-corrected chi connectivity index (χ3v) is 5.31. The molecule has 21 heavy (non-hydrogen) atoms. The Bertz CT molecular complexity index is 727. The minimum Gasteiger partial charge on any atom is -0.369 e. The van der Waals surface area contributed by atoms with Gasteiger partial charge in [-0.1, -0.05) is 47.2 Å². The fraction of sp³-hybridized carbons (Fsp3) is 0.176. The third-order valence-electron chi connectivity index (χ3n) is 3.43. The summed E-state index contributed by atoms with van der Waals surface area (Å²) in [7, 11) is 0. The van der Waals surface area contributed by atoms with Crippen LogP contribution in [0.4, 0.5) is 5.69 Å². The van der Waals surface area contributed by atoms with Crippen LogP contribution in [0.15, 0.2) is 42.5 Å². The average molecular weight is 428 g/mol. The topological polar surface area (TPSA) is 3.24 Å². The molecule has 2 aromatic rings. The molecule has 1 heterocycles. The van der Waals surface area contributed by atoms with Crippen LogP contribution in [-0.2, 0) is 0 Å².